The Kier molecular flexibility index (Phi) is 3.33. The van der Waals surface area contributed by atoms with E-state index in [1.54, 1.807) is 37.1 Å². The number of carbonyl (C=O) groups excluding carboxylic acids is 2. The summed E-state index contributed by atoms with van der Waals surface area (Å²) in [7, 11) is 1.71. The lowest BCUT2D eigenvalue weighted by Gasteiger charge is -2.30. The molecular weight excluding hydrogens is 306 g/mol. The molecule has 2 heterocycles. The second kappa shape index (κ2) is 5.40. The monoisotopic (exact) mass is 325 g/mol. The van der Waals surface area contributed by atoms with E-state index in [9.17, 15) is 9.59 Å². The molecule has 4 rings (SSSR count). The number of rotatable bonds is 3. The van der Waals surface area contributed by atoms with Gasteiger partial charge in [-0.3, -0.25) is 9.59 Å². The SMILES string of the molecule is CC1Oc2ccc(NC(=O)c3cccn3C3CC3)cc2N(C)C1=O. The number of ether oxygens (including phenoxy) is 1. The quantitative estimate of drug-likeness (QED) is 0.944. The minimum absolute atomic E-state index is 0.103. The molecule has 0 radical (unpaired) electrons. The Morgan fingerprint density at radius 3 is 2.83 bits per heavy atom. The minimum atomic E-state index is -0.496. The van der Waals surface area contributed by atoms with Gasteiger partial charge in [0.25, 0.3) is 11.8 Å². The van der Waals surface area contributed by atoms with E-state index in [4.69, 9.17) is 4.74 Å². The van der Waals surface area contributed by atoms with Crippen molar-refractivity contribution >= 4 is 23.2 Å². The highest BCUT2D eigenvalue weighted by molar-refractivity contribution is 6.05. The van der Waals surface area contributed by atoms with Gasteiger partial charge in [0.1, 0.15) is 11.4 Å². The fraction of sp³-hybridized carbons (Fsp3) is 0.333. The Labute approximate surface area is 140 Å². The van der Waals surface area contributed by atoms with Crippen molar-refractivity contribution in [2.45, 2.75) is 31.9 Å². The maximum Gasteiger partial charge on any atom is 0.272 e. The molecule has 24 heavy (non-hydrogen) atoms. The molecule has 1 aromatic carbocycles. The highest BCUT2D eigenvalue weighted by atomic mass is 16.5. The first-order chi connectivity index (χ1) is 11.5. The summed E-state index contributed by atoms with van der Waals surface area (Å²) in [6.07, 6.45) is 3.69. The number of benzene rings is 1. The number of carbonyl (C=O) groups is 2. The van der Waals surface area contributed by atoms with Crippen LogP contribution in [-0.4, -0.2) is 29.5 Å². The Bertz CT molecular complexity index is 823. The molecule has 1 aliphatic carbocycles. The molecule has 2 amide bonds. The summed E-state index contributed by atoms with van der Waals surface area (Å²) in [5.74, 6) is 0.392. The first kappa shape index (κ1) is 14.8. The van der Waals surface area contributed by atoms with Crippen LogP contribution in [0.15, 0.2) is 36.5 Å². The maximum atomic E-state index is 12.6. The average molecular weight is 325 g/mol. The smallest absolute Gasteiger partial charge is 0.272 e. The van der Waals surface area contributed by atoms with Gasteiger partial charge in [0.15, 0.2) is 6.10 Å². The number of fused-ring (bicyclic) bond motifs is 1. The van der Waals surface area contributed by atoms with E-state index in [0.29, 0.717) is 28.9 Å². The molecule has 0 bridgehead atoms. The zero-order valence-electron chi connectivity index (χ0n) is 13.7. The van der Waals surface area contributed by atoms with E-state index in [1.165, 1.54) is 0 Å². The van der Waals surface area contributed by atoms with Crippen molar-refractivity contribution in [3.63, 3.8) is 0 Å². The van der Waals surface area contributed by atoms with Gasteiger partial charge in [-0.05, 0) is 50.1 Å². The van der Waals surface area contributed by atoms with E-state index < -0.39 is 6.10 Å². The Hall–Kier alpha value is -2.76. The van der Waals surface area contributed by atoms with Crippen LogP contribution >= 0.6 is 0 Å². The second-order valence-corrected chi connectivity index (χ2v) is 6.33. The van der Waals surface area contributed by atoms with Gasteiger partial charge in [0.2, 0.25) is 0 Å². The standard InChI is InChI=1S/C18H19N3O3/c1-11-18(23)20(2)15-10-12(5-8-16(15)24-11)19-17(22)14-4-3-9-21(14)13-6-7-13/h3-5,8-11,13H,6-7H2,1-2H3,(H,19,22). The number of aromatic nitrogens is 1. The van der Waals surface area contributed by atoms with Crippen molar-refractivity contribution in [1.82, 2.24) is 4.57 Å². The van der Waals surface area contributed by atoms with Gasteiger partial charge in [0, 0.05) is 25.0 Å². The molecule has 1 unspecified atom stereocenters. The van der Waals surface area contributed by atoms with E-state index in [1.807, 2.05) is 22.9 Å². The number of nitrogens with one attached hydrogen (secondary N) is 1. The molecule has 2 aliphatic rings. The predicted octanol–water partition coefficient (Wildman–Crippen LogP) is 2.82. The predicted molar refractivity (Wildman–Crippen MR) is 90.6 cm³/mol. The van der Waals surface area contributed by atoms with Crippen LogP contribution in [-0.2, 0) is 4.79 Å². The summed E-state index contributed by atoms with van der Waals surface area (Å²) < 4.78 is 7.62. The van der Waals surface area contributed by atoms with Gasteiger partial charge in [-0.25, -0.2) is 0 Å². The number of nitrogens with zero attached hydrogens (tertiary/aromatic N) is 2. The molecule has 0 saturated heterocycles. The fourth-order valence-corrected chi connectivity index (χ4v) is 3.04. The van der Waals surface area contributed by atoms with Gasteiger partial charge in [0.05, 0.1) is 5.69 Å². The summed E-state index contributed by atoms with van der Waals surface area (Å²) >= 11 is 0. The summed E-state index contributed by atoms with van der Waals surface area (Å²) in [6.45, 7) is 1.73. The van der Waals surface area contributed by atoms with E-state index in [0.717, 1.165) is 12.8 Å². The normalized spacial score (nSPS) is 19.7. The minimum Gasteiger partial charge on any atom is -0.479 e. The summed E-state index contributed by atoms with van der Waals surface area (Å²) in [5, 5.41) is 2.91. The van der Waals surface area contributed by atoms with Crippen LogP contribution in [0.4, 0.5) is 11.4 Å². The number of anilines is 2. The molecule has 0 spiro atoms. The van der Waals surface area contributed by atoms with Gasteiger partial charge in [-0.1, -0.05) is 0 Å². The van der Waals surface area contributed by atoms with Crippen molar-refractivity contribution in [2.75, 3.05) is 17.3 Å². The van der Waals surface area contributed by atoms with Crippen molar-refractivity contribution in [1.29, 1.82) is 0 Å². The van der Waals surface area contributed by atoms with Crippen LogP contribution in [0.2, 0.25) is 0 Å². The first-order valence-electron chi connectivity index (χ1n) is 8.11. The van der Waals surface area contributed by atoms with Crippen LogP contribution in [0, 0.1) is 0 Å². The first-order valence-corrected chi connectivity index (χ1v) is 8.11. The summed E-state index contributed by atoms with van der Waals surface area (Å²) in [5.41, 5.74) is 1.96. The molecule has 1 N–H and O–H groups in total. The zero-order chi connectivity index (χ0) is 16.8. The number of hydrogen-bond donors (Lipinski definition) is 1. The largest absolute Gasteiger partial charge is 0.479 e. The second-order valence-electron chi connectivity index (χ2n) is 6.33. The molecule has 1 aliphatic heterocycles. The van der Waals surface area contributed by atoms with E-state index in [-0.39, 0.29) is 11.8 Å². The topological polar surface area (TPSA) is 63.6 Å². The molecule has 1 aromatic heterocycles. The van der Waals surface area contributed by atoms with Gasteiger partial charge in [-0.2, -0.15) is 0 Å². The lowest BCUT2D eigenvalue weighted by Crippen LogP contribution is -2.41. The highest BCUT2D eigenvalue weighted by Crippen LogP contribution is 2.37. The molecule has 2 aromatic rings. The average Bonchev–Trinajstić information content (AvgIpc) is 3.30. The molecule has 1 atom stereocenters. The molecular formula is C18H19N3O3. The molecule has 1 saturated carbocycles. The van der Waals surface area contributed by atoms with Crippen molar-refractivity contribution in [3.8, 4) is 5.75 Å². The van der Waals surface area contributed by atoms with Crippen molar-refractivity contribution in [3.05, 3.63) is 42.2 Å². The fourth-order valence-electron chi connectivity index (χ4n) is 3.04. The molecule has 1 fully saturated rings. The Morgan fingerprint density at radius 1 is 1.29 bits per heavy atom. The molecule has 6 nitrogen and oxygen atoms in total. The van der Waals surface area contributed by atoms with Gasteiger partial charge < -0.3 is 19.5 Å². The number of hydrogen-bond acceptors (Lipinski definition) is 3. The number of likely N-dealkylation sites (N-methyl/N-ethyl adjacent to an activating group) is 1. The van der Waals surface area contributed by atoms with E-state index >= 15 is 0 Å². The van der Waals surface area contributed by atoms with Crippen molar-refractivity contribution < 1.29 is 14.3 Å². The van der Waals surface area contributed by atoms with Crippen LogP contribution in [0.25, 0.3) is 0 Å². The zero-order valence-corrected chi connectivity index (χ0v) is 13.7. The van der Waals surface area contributed by atoms with Crippen LogP contribution < -0.4 is 15.0 Å². The van der Waals surface area contributed by atoms with Crippen LogP contribution in [0.3, 0.4) is 0 Å². The van der Waals surface area contributed by atoms with Gasteiger partial charge >= 0.3 is 0 Å². The van der Waals surface area contributed by atoms with Gasteiger partial charge in [-0.15, -0.1) is 0 Å². The maximum absolute atomic E-state index is 12.6. The Morgan fingerprint density at radius 2 is 2.08 bits per heavy atom. The highest BCUT2D eigenvalue weighted by Gasteiger charge is 2.30. The third-order valence-corrected chi connectivity index (χ3v) is 4.51. The summed E-state index contributed by atoms with van der Waals surface area (Å²) in [4.78, 5) is 26.2. The molecule has 124 valence electrons. The molecule has 6 heteroatoms. The Balaban J connectivity index is 1.58. The lowest BCUT2D eigenvalue weighted by molar-refractivity contribution is -0.125. The lowest BCUT2D eigenvalue weighted by atomic mass is 10.2. The third-order valence-electron chi connectivity index (χ3n) is 4.51. The van der Waals surface area contributed by atoms with Crippen molar-refractivity contribution in [2.24, 2.45) is 0 Å². The third kappa shape index (κ3) is 2.44. The van der Waals surface area contributed by atoms with E-state index in [2.05, 4.69) is 5.32 Å². The van der Waals surface area contributed by atoms with Crippen LogP contribution in [0.5, 0.6) is 5.75 Å². The van der Waals surface area contributed by atoms with Crippen LogP contribution in [0.1, 0.15) is 36.3 Å². The summed E-state index contributed by atoms with van der Waals surface area (Å²) in [6, 6.07) is 9.50. The number of amides is 2.